The Balaban J connectivity index is 1.70. The van der Waals surface area contributed by atoms with Crippen LogP contribution >= 0.6 is 0 Å². The molecule has 1 saturated carbocycles. The van der Waals surface area contributed by atoms with Gasteiger partial charge in [0.05, 0.1) is 25.5 Å². The molecule has 1 aliphatic carbocycles. The molecule has 0 aromatic heterocycles. The van der Waals surface area contributed by atoms with Crippen LogP contribution in [0.2, 0.25) is 0 Å². The van der Waals surface area contributed by atoms with Crippen LogP contribution in [-0.2, 0) is 14.3 Å². The summed E-state index contributed by atoms with van der Waals surface area (Å²) in [6.45, 7) is 1.28. The molecule has 0 spiro atoms. The maximum Gasteiger partial charge on any atom is 0.340 e. The van der Waals surface area contributed by atoms with Gasteiger partial charge in [0.2, 0.25) is 5.91 Å². The van der Waals surface area contributed by atoms with Crippen LogP contribution in [0.15, 0.2) is 42.5 Å². The maximum atomic E-state index is 12.7. The summed E-state index contributed by atoms with van der Waals surface area (Å²) in [6.07, 6.45) is 0.772. The van der Waals surface area contributed by atoms with Crippen LogP contribution in [0.25, 0.3) is 0 Å². The van der Waals surface area contributed by atoms with E-state index in [1.165, 1.54) is 26.4 Å². The van der Waals surface area contributed by atoms with E-state index in [1.807, 2.05) is 6.92 Å². The number of hydrogen-bond acceptors (Lipinski definition) is 7. The summed E-state index contributed by atoms with van der Waals surface area (Å²) in [6, 6.07) is 11.0. The molecule has 2 N–H and O–H groups in total. The number of ether oxygens (including phenoxy) is 3. The average Bonchev–Trinajstić information content (AvgIpc) is 3.54. The van der Waals surface area contributed by atoms with Crippen molar-refractivity contribution in [2.24, 2.45) is 11.8 Å². The minimum absolute atomic E-state index is 0.00788. The Morgan fingerprint density at radius 3 is 2.22 bits per heavy atom. The van der Waals surface area contributed by atoms with Gasteiger partial charge in [0.15, 0.2) is 18.1 Å². The Morgan fingerprint density at radius 1 is 1.00 bits per heavy atom. The molecule has 2 unspecified atom stereocenters. The zero-order chi connectivity index (χ0) is 23.3. The molecular formula is C23H24N2O7. The molecule has 0 saturated heterocycles. The Kier molecular flexibility index (Phi) is 7.09. The average molecular weight is 440 g/mol. The largest absolute Gasteiger partial charge is 0.493 e. The first-order chi connectivity index (χ1) is 15.3. The van der Waals surface area contributed by atoms with Gasteiger partial charge in [-0.05, 0) is 24.5 Å². The van der Waals surface area contributed by atoms with E-state index >= 15 is 0 Å². The number of imide groups is 1. The Labute approximate surface area is 185 Å². The molecule has 3 amide bonds. The molecule has 168 valence electrons. The highest BCUT2D eigenvalue weighted by atomic mass is 16.5. The molecule has 1 aliphatic rings. The van der Waals surface area contributed by atoms with E-state index in [0.29, 0.717) is 11.3 Å². The number of carbonyl (C=O) groups is 4. The lowest BCUT2D eigenvalue weighted by atomic mass is 10.1. The van der Waals surface area contributed by atoms with Crippen LogP contribution in [0.5, 0.6) is 11.5 Å². The number of anilines is 1. The lowest BCUT2D eigenvalue weighted by Crippen LogP contribution is -2.34. The molecular weight excluding hydrogens is 416 g/mol. The van der Waals surface area contributed by atoms with Gasteiger partial charge in [-0.2, -0.15) is 0 Å². The summed E-state index contributed by atoms with van der Waals surface area (Å²) >= 11 is 0. The molecule has 1 fully saturated rings. The summed E-state index contributed by atoms with van der Waals surface area (Å²) < 4.78 is 15.5. The first-order valence-corrected chi connectivity index (χ1v) is 9.97. The fourth-order valence-electron chi connectivity index (χ4n) is 3.10. The number of rotatable bonds is 8. The van der Waals surface area contributed by atoms with E-state index in [1.54, 1.807) is 30.3 Å². The first-order valence-electron chi connectivity index (χ1n) is 9.97. The van der Waals surface area contributed by atoms with Crippen LogP contribution in [-0.4, -0.2) is 44.5 Å². The van der Waals surface area contributed by atoms with Crippen molar-refractivity contribution in [1.82, 2.24) is 5.32 Å². The smallest absolute Gasteiger partial charge is 0.340 e. The standard InChI is InChI=1S/C23H24N2O7/c1-13-9-15(13)22(28)24-17-11-19(31-3)18(30-2)10-16(17)23(29)32-12-20(26)25-21(27)14-7-5-4-6-8-14/h4-8,10-11,13,15H,9,12H2,1-3H3,(H,24,28)(H,25,26,27). The second-order valence-electron chi connectivity index (χ2n) is 7.38. The van der Waals surface area contributed by atoms with Crippen molar-refractivity contribution in [3.63, 3.8) is 0 Å². The van der Waals surface area contributed by atoms with Gasteiger partial charge in [0, 0.05) is 23.6 Å². The second-order valence-corrected chi connectivity index (χ2v) is 7.38. The van der Waals surface area contributed by atoms with E-state index in [2.05, 4.69) is 10.6 Å². The molecule has 2 aromatic carbocycles. The summed E-state index contributed by atoms with van der Waals surface area (Å²) in [5, 5.41) is 4.87. The molecule has 32 heavy (non-hydrogen) atoms. The summed E-state index contributed by atoms with van der Waals surface area (Å²) in [5.41, 5.74) is 0.468. The minimum atomic E-state index is -0.868. The second kappa shape index (κ2) is 9.95. The van der Waals surface area contributed by atoms with Crippen molar-refractivity contribution in [3.8, 4) is 11.5 Å². The number of esters is 1. The molecule has 3 rings (SSSR count). The van der Waals surface area contributed by atoms with E-state index in [9.17, 15) is 19.2 Å². The number of amides is 3. The van der Waals surface area contributed by atoms with Crippen molar-refractivity contribution in [1.29, 1.82) is 0 Å². The molecule has 0 bridgehead atoms. The predicted molar refractivity (Wildman–Crippen MR) is 115 cm³/mol. The Morgan fingerprint density at radius 2 is 1.62 bits per heavy atom. The van der Waals surface area contributed by atoms with Gasteiger partial charge in [-0.1, -0.05) is 25.1 Å². The molecule has 0 heterocycles. The lowest BCUT2D eigenvalue weighted by molar-refractivity contribution is -0.123. The lowest BCUT2D eigenvalue weighted by Gasteiger charge is -2.15. The Bertz CT molecular complexity index is 1040. The van der Waals surface area contributed by atoms with Crippen LogP contribution in [0.1, 0.15) is 34.1 Å². The quantitative estimate of drug-likeness (QED) is 0.605. The number of benzene rings is 2. The van der Waals surface area contributed by atoms with Crippen LogP contribution in [0, 0.1) is 11.8 Å². The molecule has 2 atom stereocenters. The summed E-state index contributed by atoms with van der Waals surface area (Å²) in [5.74, 6) is -1.76. The van der Waals surface area contributed by atoms with Gasteiger partial charge in [0.1, 0.15) is 0 Å². The summed E-state index contributed by atoms with van der Waals surface area (Å²) in [4.78, 5) is 49.2. The third-order valence-corrected chi connectivity index (χ3v) is 5.07. The molecule has 9 heteroatoms. The fourth-order valence-corrected chi connectivity index (χ4v) is 3.10. The topological polar surface area (TPSA) is 120 Å². The predicted octanol–water partition coefficient (Wildman–Crippen LogP) is 2.41. The first kappa shape index (κ1) is 22.8. The monoisotopic (exact) mass is 440 g/mol. The third-order valence-electron chi connectivity index (χ3n) is 5.07. The molecule has 2 aromatic rings. The van der Waals surface area contributed by atoms with Crippen molar-refractivity contribution in [2.45, 2.75) is 13.3 Å². The van der Waals surface area contributed by atoms with E-state index < -0.39 is 24.4 Å². The van der Waals surface area contributed by atoms with Gasteiger partial charge in [-0.3, -0.25) is 19.7 Å². The minimum Gasteiger partial charge on any atom is -0.493 e. The van der Waals surface area contributed by atoms with Gasteiger partial charge < -0.3 is 19.5 Å². The van der Waals surface area contributed by atoms with Gasteiger partial charge >= 0.3 is 5.97 Å². The summed E-state index contributed by atoms with van der Waals surface area (Å²) in [7, 11) is 2.83. The zero-order valence-corrected chi connectivity index (χ0v) is 18.0. The number of methoxy groups -OCH3 is 2. The fraction of sp³-hybridized carbons (Fsp3) is 0.304. The highest BCUT2D eigenvalue weighted by Gasteiger charge is 2.39. The van der Waals surface area contributed by atoms with Crippen molar-refractivity contribution in [2.75, 3.05) is 26.1 Å². The van der Waals surface area contributed by atoms with Crippen LogP contribution in [0.4, 0.5) is 5.69 Å². The SMILES string of the molecule is COc1cc(NC(=O)C2CC2C)c(C(=O)OCC(=O)NC(=O)c2ccccc2)cc1OC. The number of hydrogen-bond donors (Lipinski definition) is 2. The highest BCUT2D eigenvalue weighted by molar-refractivity contribution is 6.06. The Hall–Kier alpha value is -3.88. The highest BCUT2D eigenvalue weighted by Crippen LogP contribution is 2.40. The van der Waals surface area contributed by atoms with Gasteiger partial charge in [-0.15, -0.1) is 0 Å². The molecule has 0 radical (unpaired) electrons. The van der Waals surface area contributed by atoms with E-state index in [-0.39, 0.29) is 34.7 Å². The van der Waals surface area contributed by atoms with Crippen molar-refractivity contribution < 1.29 is 33.4 Å². The molecule has 9 nitrogen and oxygen atoms in total. The normalized spacial score (nSPS) is 16.5. The van der Waals surface area contributed by atoms with E-state index in [0.717, 1.165) is 6.42 Å². The van der Waals surface area contributed by atoms with Crippen LogP contribution < -0.4 is 20.1 Å². The number of carbonyl (C=O) groups excluding carboxylic acids is 4. The van der Waals surface area contributed by atoms with Crippen molar-refractivity contribution in [3.05, 3.63) is 53.6 Å². The van der Waals surface area contributed by atoms with Crippen molar-refractivity contribution >= 4 is 29.4 Å². The number of nitrogens with one attached hydrogen (secondary N) is 2. The maximum absolute atomic E-state index is 12.7. The zero-order valence-electron chi connectivity index (χ0n) is 18.0. The van der Waals surface area contributed by atoms with Gasteiger partial charge in [-0.25, -0.2) is 4.79 Å². The molecule has 0 aliphatic heterocycles. The van der Waals surface area contributed by atoms with E-state index in [4.69, 9.17) is 14.2 Å². The third kappa shape index (κ3) is 5.42. The van der Waals surface area contributed by atoms with Crippen LogP contribution in [0.3, 0.4) is 0 Å². The van der Waals surface area contributed by atoms with Gasteiger partial charge in [0.25, 0.3) is 11.8 Å².